The number of H-pyrrole nitrogens is 1. The van der Waals surface area contributed by atoms with Crippen LogP contribution in [0.25, 0.3) is 11.4 Å². The molecule has 3 aromatic rings. The van der Waals surface area contributed by atoms with Crippen molar-refractivity contribution in [2.24, 2.45) is 0 Å². The molecule has 1 saturated heterocycles. The van der Waals surface area contributed by atoms with Gasteiger partial charge in [-0.15, -0.1) is 0 Å². The first-order chi connectivity index (χ1) is 15.9. The smallest absolute Gasteiger partial charge is 0.269 e. The first-order valence-electron chi connectivity index (χ1n) is 11.3. The summed E-state index contributed by atoms with van der Waals surface area (Å²) in [5, 5.41) is 13.4. The molecule has 2 aromatic heterocycles. The summed E-state index contributed by atoms with van der Waals surface area (Å²) in [7, 11) is 3.79. The summed E-state index contributed by atoms with van der Waals surface area (Å²) >= 11 is 0. The molecule has 2 aliphatic rings. The van der Waals surface area contributed by atoms with Gasteiger partial charge in [0.15, 0.2) is 0 Å². The molecule has 33 heavy (non-hydrogen) atoms. The number of carbonyl (C=O) groups is 1. The predicted octanol–water partition coefficient (Wildman–Crippen LogP) is 2.56. The normalized spacial score (nSPS) is 17.3. The van der Waals surface area contributed by atoms with E-state index in [0.29, 0.717) is 11.6 Å². The van der Waals surface area contributed by atoms with E-state index < -0.39 is 0 Å². The summed E-state index contributed by atoms with van der Waals surface area (Å²) in [5.74, 6) is 0.337. The van der Waals surface area contributed by atoms with E-state index in [-0.39, 0.29) is 11.3 Å². The number of fused-ring (bicyclic) bond motifs is 3. The van der Waals surface area contributed by atoms with Crippen LogP contribution in [0, 0.1) is 0 Å². The van der Waals surface area contributed by atoms with Crippen LogP contribution < -0.4 is 15.5 Å². The molecule has 1 aromatic carbocycles. The maximum Gasteiger partial charge on any atom is 0.269 e. The lowest BCUT2D eigenvalue weighted by atomic mass is 9.73. The number of piperazine rings is 1. The van der Waals surface area contributed by atoms with Gasteiger partial charge in [0.2, 0.25) is 5.95 Å². The van der Waals surface area contributed by atoms with Gasteiger partial charge in [-0.25, -0.2) is 9.97 Å². The number of rotatable bonds is 4. The first kappa shape index (κ1) is 21.4. The molecular weight excluding hydrogens is 416 g/mol. The molecule has 1 amide bonds. The Hall–Kier alpha value is -3.46. The van der Waals surface area contributed by atoms with Crippen molar-refractivity contribution in [3.63, 3.8) is 0 Å². The molecule has 0 atom stereocenters. The van der Waals surface area contributed by atoms with Crippen LogP contribution in [-0.4, -0.2) is 71.2 Å². The van der Waals surface area contributed by atoms with Gasteiger partial charge in [-0.05, 0) is 48.7 Å². The summed E-state index contributed by atoms with van der Waals surface area (Å²) in [5.41, 5.74) is 5.80. The number of nitrogens with zero attached hydrogens (tertiary/aromatic N) is 5. The standard InChI is InChI=1S/C24H30N8O/c1-24(2)13-15-14-26-23(28-19(15)20-18(24)21(30-29-20)22(33)25-3)27-16-5-7-17(8-6-16)32-11-9-31(4)10-12-32/h5-8,14H,9-13H2,1-4H3,(H,25,33)(H,29,30)(H,26,27,28). The number of nitrogens with one attached hydrogen (secondary N) is 3. The van der Waals surface area contributed by atoms with Crippen LogP contribution in [-0.2, 0) is 11.8 Å². The lowest BCUT2D eigenvalue weighted by Crippen LogP contribution is -2.44. The van der Waals surface area contributed by atoms with Crippen LogP contribution in [0.5, 0.6) is 0 Å². The van der Waals surface area contributed by atoms with Gasteiger partial charge < -0.3 is 20.4 Å². The van der Waals surface area contributed by atoms with Crippen LogP contribution in [0.2, 0.25) is 0 Å². The third kappa shape index (κ3) is 3.93. The maximum atomic E-state index is 12.4. The van der Waals surface area contributed by atoms with Crippen molar-refractivity contribution in [2.45, 2.75) is 25.7 Å². The number of carbonyl (C=O) groups excluding carboxylic acids is 1. The Labute approximate surface area is 193 Å². The second kappa shape index (κ2) is 8.15. The van der Waals surface area contributed by atoms with Gasteiger partial charge in [0.1, 0.15) is 11.4 Å². The Bertz CT molecular complexity index is 1180. The van der Waals surface area contributed by atoms with Crippen molar-refractivity contribution in [1.29, 1.82) is 0 Å². The fourth-order valence-electron chi connectivity index (χ4n) is 4.78. The van der Waals surface area contributed by atoms with Crippen LogP contribution >= 0.6 is 0 Å². The highest BCUT2D eigenvalue weighted by molar-refractivity contribution is 5.96. The van der Waals surface area contributed by atoms with Gasteiger partial charge in [-0.3, -0.25) is 9.89 Å². The van der Waals surface area contributed by atoms with Gasteiger partial charge in [0.25, 0.3) is 5.91 Å². The topological polar surface area (TPSA) is 102 Å². The zero-order valence-electron chi connectivity index (χ0n) is 19.6. The molecule has 3 N–H and O–H groups in total. The van der Waals surface area contributed by atoms with Gasteiger partial charge in [0.05, 0.1) is 5.69 Å². The molecule has 5 rings (SSSR count). The number of aromatic amines is 1. The molecule has 0 spiro atoms. The number of aromatic nitrogens is 4. The second-order valence-electron chi connectivity index (χ2n) is 9.49. The van der Waals surface area contributed by atoms with Gasteiger partial charge in [-0.1, -0.05) is 13.8 Å². The largest absolute Gasteiger partial charge is 0.369 e. The van der Waals surface area contributed by atoms with Crippen molar-refractivity contribution >= 4 is 23.2 Å². The van der Waals surface area contributed by atoms with Crippen molar-refractivity contribution in [2.75, 3.05) is 50.5 Å². The second-order valence-corrected chi connectivity index (χ2v) is 9.49. The van der Waals surface area contributed by atoms with Gasteiger partial charge in [0, 0.05) is 56.4 Å². The predicted molar refractivity (Wildman–Crippen MR) is 129 cm³/mol. The van der Waals surface area contributed by atoms with Crippen molar-refractivity contribution in [3.8, 4) is 11.4 Å². The molecule has 9 nitrogen and oxygen atoms in total. The molecular formula is C24H30N8O. The molecule has 0 bridgehead atoms. The molecule has 1 fully saturated rings. The Morgan fingerprint density at radius 1 is 1.09 bits per heavy atom. The average molecular weight is 447 g/mol. The summed E-state index contributed by atoms with van der Waals surface area (Å²) in [6, 6.07) is 8.39. The molecule has 0 unspecified atom stereocenters. The van der Waals surface area contributed by atoms with Crippen LogP contribution in [0.4, 0.5) is 17.3 Å². The summed E-state index contributed by atoms with van der Waals surface area (Å²) in [6.45, 7) is 8.47. The maximum absolute atomic E-state index is 12.4. The lowest BCUT2D eigenvalue weighted by molar-refractivity contribution is 0.0955. The zero-order valence-corrected chi connectivity index (χ0v) is 19.6. The van der Waals surface area contributed by atoms with Crippen molar-refractivity contribution < 1.29 is 4.79 Å². The molecule has 3 heterocycles. The highest BCUT2D eigenvalue weighted by Gasteiger charge is 2.38. The molecule has 1 aliphatic carbocycles. The van der Waals surface area contributed by atoms with E-state index in [1.54, 1.807) is 7.05 Å². The highest BCUT2D eigenvalue weighted by Crippen LogP contribution is 2.42. The SMILES string of the molecule is CNC(=O)c1[nH]nc2c1C(C)(C)Cc1cnc(Nc3ccc(N4CCN(C)CC4)cc3)nc1-2. The Kier molecular flexibility index (Phi) is 5.28. The van der Waals surface area contributed by atoms with E-state index in [4.69, 9.17) is 4.98 Å². The summed E-state index contributed by atoms with van der Waals surface area (Å²) in [6.07, 6.45) is 2.60. The summed E-state index contributed by atoms with van der Waals surface area (Å²) in [4.78, 5) is 26.5. The van der Waals surface area contributed by atoms with E-state index >= 15 is 0 Å². The quantitative estimate of drug-likeness (QED) is 0.566. The molecule has 0 saturated carbocycles. The van der Waals surface area contributed by atoms with Crippen molar-refractivity contribution in [1.82, 2.24) is 30.4 Å². The van der Waals surface area contributed by atoms with Crippen LogP contribution in [0.15, 0.2) is 30.5 Å². The molecule has 1 aliphatic heterocycles. The van der Waals surface area contributed by atoms with E-state index in [1.807, 2.05) is 6.20 Å². The van der Waals surface area contributed by atoms with E-state index in [9.17, 15) is 4.79 Å². The fraction of sp³-hybridized carbons (Fsp3) is 0.417. The fourth-order valence-corrected chi connectivity index (χ4v) is 4.78. The Morgan fingerprint density at radius 2 is 1.82 bits per heavy atom. The number of anilines is 3. The van der Waals surface area contributed by atoms with Crippen LogP contribution in [0.3, 0.4) is 0 Å². The third-order valence-electron chi connectivity index (χ3n) is 6.61. The Balaban J connectivity index is 1.40. The number of benzene rings is 1. The number of hydrogen-bond acceptors (Lipinski definition) is 7. The highest BCUT2D eigenvalue weighted by atomic mass is 16.1. The molecule has 172 valence electrons. The number of amides is 1. The van der Waals surface area contributed by atoms with Gasteiger partial charge >= 0.3 is 0 Å². The third-order valence-corrected chi connectivity index (χ3v) is 6.61. The van der Waals surface area contributed by atoms with Gasteiger partial charge in [-0.2, -0.15) is 5.10 Å². The Morgan fingerprint density at radius 3 is 2.52 bits per heavy atom. The molecule has 0 radical (unpaired) electrons. The minimum Gasteiger partial charge on any atom is -0.369 e. The zero-order chi connectivity index (χ0) is 23.2. The summed E-state index contributed by atoms with van der Waals surface area (Å²) < 4.78 is 0. The molecule has 9 heteroatoms. The van der Waals surface area contributed by atoms with Crippen LogP contribution in [0.1, 0.15) is 35.5 Å². The number of hydrogen-bond donors (Lipinski definition) is 3. The monoisotopic (exact) mass is 446 g/mol. The first-order valence-corrected chi connectivity index (χ1v) is 11.3. The van der Waals surface area contributed by atoms with E-state index in [0.717, 1.165) is 60.8 Å². The number of likely N-dealkylation sites (N-methyl/N-ethyl adjacent to an activating group) is 1. The minimum absolute atomic E-state index is 0.173. The lowest BCUT2D eigenvalue weighted by Gasteiger charge is -2.34. The van der Waals surface area contributed by atoms with E-state index in [2.05, 4.69) is 80.8 Å². The minimum atomic E-state index is -0.255. The van der Waals surface area contributed by atoms with E-state index in [1.165, 1.54) is 5.69 Å². The average Bonchev–Trinajstić information content (AvgIpc) is 3.27. The van der Waals surface area contributed by atoms with Crippen molar-refractivity contribution in [3.05, 3.63) is 47.3 Å².